The topological polar surface area (TPSA) is 84.6 Å². The van der Waals surface area contributed by atoms with E-state index in [1.54, 1.807) is 6.07 Å². The molecule has 0 atom stereocenters. The van der Waals surface area contributed by atoms with E-state index in [9.17, 15) is 4.79 Å². The molecule has 0 amide bonds. The number of nitrogens with one attached hydrogen (secondary N) is 1. The summed E-state index contributed by atoms with van der Waals surface area (Å²) in [4.78, 5) is 15.1. The SMILES string of the molecule is CCOC(C)(C)CNc1nc2ccc(C(=O)O)cc2o1. The number of hydrogen-bond donors (Lipinski definition) is 2. The molecule has 0 radical (unpaired) electrons. The molecule has 0 fully saturated rings. The third-order valence-electron chi connectivity index (χ3n) is 2.84. The van der Waals surface area contributed by atoms with Crippen LogP contribution in [0.15, 0.2) is 22.6 Å². The zero-order chi connectivity index (χ0) is 14.8. The number of rotatable bonds is 6. The zero-order valence-corrected chi connectivity index (χ0v) is 11.8. The molecule has 20 heavy (non-hydrogen) atoms. The highest BCUT2D eigenvalue weighted by Gasteiger charge is 2.18. The van der Waals surface area contributed by atoms with Crippen molar-refractivity contribution in [2.24, 2.45) is 0 Å². The smallest absolute Gasteiger partial charge is 0.335 e. The van der Waals surface area contributed by atoms with E-state index in [1.165, 1.54) is 12.1 Å². The van der Waals surface area contributed by atoms with Crippen molar-refractivity contribution < 1.29 is 19.1 Å². The van der Waals surface area contributed by atoms with Gasteiger partial charge in [0.05, 0.1) is 11.2 Å². The molecule has 6 nitrogen and oxygen atoms in total. The molecule has 6 heteroatoms. The van der Waals surface area contributed by atoms with E-state index < -0.39 is 5.97 Å². The van der Waals surface area contributed by atoms with Crippen LogP contribution in [0.3, 0.4) is 0 Å². The Morgan fingerprint density at radius 3 is 2.90 bits per heavy atom. The number of anilines is 1. The van der Waals surface area contributed by atoms with Crippen LogP contribution in [0.4, 0.5) is 6.01 Å². The van der Waals surface area contributed by atoms with Gasteiger partial charge >= 0.3 is 5.97 Å². The van der Waals surface area contributed by atoms with Crippen LogP contribution in [0.25, 0.3) is 11.1 Å². The Balaban J connectivity index is 2.14. The Hall–Kier alpha value is -2.08. The number of ether oxygens (including phenoxy) is 1. The number of carboxylic acid groups (broad SMARTS) is 1. The lowest BCUT2D eigenvalue weighted by molar-refractivity contribution is 0.000367. The van der Waals surface area contributed by atoms with Gasteiger partial charge in [0, 0.05) is 13.2 Å². The average molecular weight is 278 g/mol. The minimum absolute atomic E-state index is 0.176. The van der Waals surface area contributed by atoms with Crippen molar-refractivity contribution in [1.82, 2.24) is 4.98 Å². The fourth-order valence-corrected chi connectivity index (χ4v) is 1.86. The van der Waals surface area contributed by atoms with Crippen LogP contribution >= 0.6 is 0 Å². The number of carbonyl (C=O) groups is 1. The van der Waals surface area contributed by atoms with Crippen molar-refractivity contribution >= 4 is 23.1 Å². The fourth-order valence-electron chi connectivity index (χ4n) is 1.86. The highest BCUT2D eigenvalue weighted by Crippen LogP contribution is 2.21. The third-order valence-corrected chi connectivity index (χ3v) is 2.84. The number of hydrogen-bond acceptors (Lipinski definition) is 5. The number of fused-ring (bicyclic) bond motifs is 1. The second-order valence-electron chi connectivity index (χ2n) is 5.05. The molecule has 2 N–H and O–H groups in total. The molecular formula is C14H18N2O4. The number of aromatic nitrogens is 1. The highest BCUT2D eigenvalue weighted by atomic mass is 16.5. The molecule has 0 spiro atoms. The van der Waals surface area contributed by atoms with E-state index in [-0.39, 0.29) is 11.2 Å². The second-order valence-corrected chi connectivity index (χ2v) is 5.05. The third kappa shape index (κ3) is 3.27. The number of carboxylic acids is 1. The van der Waals surface area contributed by atoms with Gasteiger partial charge in [0.2, 0.25) is 0 Å². The van der Waals surface area contributed by atoms with Gasteiger partial charge < -0.3 is 19.6 Å². The van der Waals surface area contributed by atoms with Gasteiger partial charge in [-0.3, -0.25) is 0 Å². The van der Waals surface area contributed by atoms with Crippen molar-refractivity contribution in [2.75, 3.05) is 18.5 Å². The van der Waals surface area contributed by atoms with E-state index in [1.807, 2.05) is 20.8 Å². The molecule has 1 aromatic carbocycles. The zero-order valence-electron chi connectivity index (χ0n) is 11.8. The normalized spacial score (nSPS) is 11.8. The summed E-state index contributed by atoms with van der Waals surface area (Å²) in [5.41, 5.74) is 0.907. The lowest BCUT2D eigenvalue weighted by Gasteiger charge is -2.24. The summed E-state index contributed by atoms with van der Waals surface area (Å²) in [5, 5.41) is 12.0. The maximum atomic E-state index is 10.9. The first-order valence-corrected chi connectivity index (χ1v) is 6.43. The molecule has 2 rings (SSSR count). The van der Waals surface area contributed by atoms with Gasteiger partial charge in [0.25, 0.3) is 6.01 Å². The van der Waals surface area contributed by atoms with Crippen molar-refractivity contribution in [2.45, 2.75) is 26.4 Å². The minimum atomic E-state index is -0.990. The van der Waals surface area contributed by atoms with Crippen LogP contribution in [0.2, 0.25) is 0 Å². The van der Waals surface area contributed by atoms with Crippen LogP contribution < -0.4 is 5.32 Å². The standard InChI is InChI=1S/C14H18N2O4/c1-4-19-14(2,3)8-15-13-16-10-6-5-9(12(17)18)7-11(10)20-13/h5-7H,4,8H2,1-3H3,(H,15,16)(H,17,18). The van der Waals surface area contributed by atoms with Crippen molar-refractivity contribution in [1.29, 1.82) is 0 Å². The predicted octanol–water partition coefficient (Wildman–Crippen LogP) is 2.75. The van der Waals surface area contributed by atoms with Crippen LogP contribution in [0.5, 0.6) is 0 Å². The van der Waals surface area contributed by atoms with E-state index in [0.29, 0.717) is 30.3 Å². The summed E-state index contributed by atoms with van der Waals surface area (Å²) < 4.78 is 11.1. The summed E-state index contributed by atoms with van der Waals surface area (Å²) in [7, 11) is 0. The Kier molecular flexibility index (Phi) is 3.94. The minimum Gasteiger partial charge on any atom is -0.478 e. The second kappa shape index (κ2) is 5.50. The van der Waals surface area contributed by atoms with Gasteiger partial charge in [-0.2, -0.15) is 4.98 Å². The van der Waals surface area contributed by atoms with Crippen molar-refractivity contribution in [3.05, 3.63) is 23.8 Å². The van der Waals surface area contributed by atoms with Crippen LogP contribution in [-0.4, -0.2) is 34.8 Å². The van der Waals surface area contributed by atoms with Gasteiger partial charge in [-0.05, 0) is 39.0 Å². The van der Waals surface area contributed by atoms with E-state index in [2.05, 4.69) is 10.3 Å². The summed E-state index contributed by atoms with van der Waals surface area (Å²) in [6.07, 6.45) is 0. The number of aromatic carboxylic acids is 1. The fraction of sp³-hybridized carbons (Fsp3) is 0.429. The number of nitrogens with zero attached hydrogens (tertiary/aromatic N) is 1. The van der Waals surface area contributed by atoms with Gasteiger partial charge in [-0.15, -0.1) is 0 Å². The Morgan fingerprint density at radius 1 is 1.50 bits per heavy atom. The largest absolute Gasteiger partial charge is 0.478 e. The summed E-state index contributed by atoms with van der Waals surface area (Å²) in [6.45, 7) is 7.04. The Morgan fingerprint density at radius 2 is 2.25 bits per heavy atom. The molecule has 0 saturated carbocycles. The molecule has 0 unspecified atom stereocenters. The first kappa shape index (κ1) is 14.3. The maximum absolute atomic E-state index is 10.9. The van der Waals surface area contributed by atoms with E-state index in [4.69, 9.17) is 14.3 Å². The molecule has 2 aromatic rings. The van der Waals surface area contributed by atoms with Gasteiger partial charge in [0.1, 0.15) is 5.52 Å². The summed E-state index contributed by atoms with van der Waals surface area (Å²) in [6, 6.07) is 4.95. The van der Waals surface area contributed by atoms with Gasteiger partial charge in [0.15, 0.2) is 5.58 Å². The lowest BCUT2D eigenvalue weighted by Crippen LogP contribution is -2.33. The van der Waals surface area contributed by atoms with Gasteiger partial charge in [-0.25, -0.2) is 4.79 Å². The first-order valence-electron chi connectivity index (χ1n) is 6.43. The molecule has 0 bridgehead atoms. The Labute approximate surface area is 116 Å². The van der Waals surface area contributed by atoms with Crippen molar-refractivity contribution in [3.63, 3.8) is 0 Å². The molecule has 0 aliphatic heterocycles. The van der Waals surface area contributed by atoms with E-state index >= 15 is 0 Å². The maximum Gasteiger partial charge on any atom is 0.335 e. The average Bonchev–Trinajstić information content (AvgIpc) is 2.78. The highest BCUT2D eigenvalue weighted by molar-refractivity contribution is 5.92. The van der Waals surface area contributed by atoms with Crippen LogP contribution in [0, 0.1) is 0 Å². The first-order chi connectivity index (χ1) is 9.41. The summed E-state index contributed by atoms with van der Waals surface area (Å²) >= 11 is 0. The number of oxazole rings is 1. The molecule has 1 aromatic heterocycles. The van der Waals surface area contributed by atoms with Crippen molar-refractivity contribution in [3.8, 4) is 0 Å². The van der Waals surface area contributed by atoms with E-state index in [0.717, 1.165) is 0 Å². The Bertz CT molecular complexity index is 619. The van der Waals surface area contributed by atoms with Crippen LogP contribution in [0.1, 0.15) is 31.1 Å². The monoisotopic (exact) mass is 278 g/mol. The molecule has 0 saturated heterocycles. The molecule has 1 heterocycles. The quantitative estimate of drug-likeness (QED) is 0.845. The predicted molar refractivity (Wildman–Crippen MR) is 75.2 cm³/mol. The lowest BCUT2D eigenvalue weighted by atomic mass is 10.1. The molecule has 0 aliphatic rings. The summed E-state index contributed by atoms with van der Waals surface area (Å²) in [5.74, 6) is -0.990. The number of benzene rings is 1. The molecule has 108 valence electrons. The molecule has 0 aliphatic carbocycles. The molecular weight excluding hydrogens is 260 g/mol. The van der Waals surface area contributed by atoms with Gasteiger partial charge in [-0.1, -0.05) is 0 Å². The van der Waals surface area contributed by atoms with Crippen LogP contribution in [-0.2, 0) is 4.74 Å².